The van der Waals surface area contributed by atoms with Gasteiger partial charge in [-0.3, -0.25) is 9.59 Å². The van der Waals surface area contributed by atoms with Crippen molar-refractivity contribution in [3.05, 3.63) is 59.7 Å². The van der Waals surface area contributed by atoms with E-state index >= 15 is 0 Å². The van der Waals surface area contributed by atoms with E-state index < -0.39 is 0 Å². The minimum atomic E-state index is -0.162. The van der Waals surface area contributed by atoms with Crippen molar-refractivity contribution in [1.82, 2.24) is 10.2 Å². The lowest BCUT2D eigenvalue weighted by molar-refractivity contribution is -0.130. The Morgan fingerprint density at radius 1 is 1.04 bits per heavy atom. The van der Waals surface area contributed by atoms with Crippen molar-refractivity contribution >= 4 is 11.8 Å². The van der Waals surface area contributed by atoms with Gasteiger partial charge in [-0.05, 0) is 37.0 Å². The maximum atomic E-state index is 12.7. The van der Waals surface area contributed by atoms with E-state index in [1.807, 2.05) is 41.3 Å². The molecule has 1 heterocycles. The van der Waals surface area contributed by atoms with Crippen LogP contribution in [0, 0.1) is 11.3 Å². The fraction of sp³-hybridized carbons (Fsp3) is 0.348. The second kappa shape index (κ2) is 9.70. The normalized spacial score (nSPS) is 14.2. The summed E-state index contributed by atoms with van der Waals surface area (Å²) in [7, 11) is 0. The number of nitrogens with one attached hydrogen (secondary N) is 1. The van der Waals surface area contributed by atoms with Crippen LogP contribution in [0.3, 0.4) is 0 Å². The number of hydrogen-bond acceptors (Lipinski definition) is 3. The first-order chi connectivity index (χ1) is 13.7. The first-order valence-corrected chi connectivity index (χ1v) is 9.85. The third-order valence-corrected chi connectivity index (χ3v) is 5.07. The van der Waals surface area contributed by atoms with Crippen molar-refractivity contribution in [2.75, 3.05) is 19.6 Å². The monoisotopic (exact) mass is 375 g/mol. The highest BCUT2D eigenvalue weighted by atomic mass is 16.2. The number of likely N-dealkylation sites (tertiary alicyclic amines) is 1. The van der Waals surface area contributed by atoms with Gasteiger partial charge in [-0.15, -0.1) is 0 Å². The van der Waals surface area contributed by atoms with E-state index in [-0.39, 0.29) is 11.8 Å². The largest absolute Gasteiger partial charge is 0.352 e. The molecule has 0 atom stereocenters. The van der Waals surface area contributed by atoms with Crippen LogP contribution in [0.25, 0.3) is 11.1 Å². The van der Waals surface area contributed by atoms with E-state index in [0.29, 0.717) is 30.6 Å². The number of carbonyl (C=O) groups is 2. The van der Waals surface area contributed by atoms with E-state index in [2.05, 4.69) is 11.4 Å². The molecule has 0 aromatic heterocycles. The van der Waals surface area contributed by atoms with Crippen LogP contribution in [0.2, 0.25) is 0 Å². The van der Waals surface area contributed by atoms with Crippen LogP contribution >= 0.6 is 0 Å². The Labute approximate surface area is 166 Å². The summed E-state index contributed by atoms with van der Waals surface area (Å²) in [5.41, 5.74) is 2.60. The number of carbonyl (C=O) groups excluding carboxylic acids is 2. The minimum Gasteiger partial charge on any atom is -0.352 e. The SMILES string of the molecule is N#Cc1ccccc1-c1ccccc1C(=O)NCCCN1CCCCCC1=O. The van der Waals surface area contributed by atoms with Gasteiger partial charge in [-0.25, -0.2) is 0 Å². The van der Waals surface area contributed by atoms with E-state index in [0.717, 1.165) is 43.4 Å². The molecular weight excluding hydrogens is 350 g/mol. The zero-order valence-electron chi connectivity index (χ0n) is 16.0. The lowest BCUT2D eigenvalue weighted by Crippen LogP contribution is -2.34. The molecule has 5 heteroatoms. The quantitative estimate of drug-likeness (QED) is 0.782. The first kappa shape index (κ1) is 19.6. The van der Waals surface area contributed by atoms with Crippen molar-refractivity contribution in [2.45, 2.75) is 32.1 Å². The Balaban J connectivity index is 1.62. The molecule has 5 nitrogen and oxygen atoms in total. The number of benzene rings is 2. The molecule has 1 saturated heterocycles. The maximum absolute atomic E-state index is 12.7. The van der Waals surface area contributed by atoms with Crippen LogP contribution in [0.1, 0.15) is 48.0 Å². The molecule has 0 aliphatic carbocycles. The summed E-state index contributed by atoms with van der Waals surface area (Å²) in [6.45, 7) is 2.01. The second-order valence-electron chi connectivity index (χ2n) is 7.00. The summed E-state index contributed by atoms with van der Waals surface area (Å²) in [5, 5.41) is 12.3. The van der Waals surface area contributed by atoms with Crippen LogP contribution in [0.5, 0.6) is 0 Å². The van der Waals surface area contributed by atoms with Crippen LogP contribution < -0.4 is 5.32 Å². The molecule has 28 heavy (non-hydrogen) atoms. The molecule has 1 aliphatic heterocycles. The second-order valence-corrected chi connectivity index (χ2v) is 7.00. The molecule has 1 fully saturated rings. The maximum Gasteiger partial charge on any atom is 0.251 e. The molecule has 2 amide bonds. The number of nitrogens with zero attached hydrogens (tertiary/aromatic N) is 2. The molecule has 1 N–H and O–H groups in total. The van der Waals surface area contributed by atoms with Crippen molar-refractivity contribution in [3.8, 4) is 17.2 Å². The highest BCUT2D eigenvalue weighted by Gasteiger charge is 2.17. The number of amides is 2. The van der Waals surface area contributed by atoms with Gasteiger partial charge in [-0.2, -0.15) is 5.26 Å². The smallest absolute Gasteiger partial charge is 0.251 e. The zero-order chi connectivity index (χ0) is 19.8. The third kappa shape index (κ3) is 4.77. The molecule has 144 valence electrons. The lowest BCUT2D eigenvalue weighted by atomic mass is 9.95. The third-order valence-electron chi connectivity index (χ3n) is 5.07. The molecule has 0 bridgehead atoms. The summed E-state index contributed by atoms with van der Waals surface area (Å²) >= 11 is 0. The first-order valence-electron chi connectivity index (χ1n) is 9.85. The summed E-state index contributed by atoms with van der Waals surface area (Å²) in [4.78, 5) is 26.7. The van der Waals surface area contributed by atoms with Gasteiger partial charge in [0.25, 0.3) is 5.91 Å². The Morgan fingerprint density at radius 3 is 2.61 bits per heavy atom. The van der Waals surface area contributed by atoms with Gasteiger partial charge >= 0.3 is 0 Å². The highest BCUT2D eigenvalue weighted by Crippen LogP contribution is 2.26. The summed E-state index contributed by atoms with van der Waals surface area (Å²) in [5.74, 6) is 0.0628. The number of nitriles is 1. The predicted molar refractivity (Wildman–Crippen MR) is 109 cm³/mol. The van der Waals surface area contributed by atoms with Gasteiger partial charge < -0.3 is 10.2 Å². The molecule has 0 unspecified atom stereocenters. The molecule has 0 radical (unpaired) electrons. The fourth-order valence-corrected chi connectivity index (χ4v) is 3.57. The average molecular weight is 375 g/mol. The standard InChI is InChI=1S/C23H25N3O2/c24-17-18-9-3-4-10-19(18)20-11-5-6-12-21(20)23(28)25-14-8-16-26-15-7-1-2-13-22(26)27/h3-6,9-12H,1-2,7-8,13-16H2,(H,25,28). The van der Waals surface area contributed by atoms with Gasteiger partial charge in [0.15, 0.2) is 0 Å². The lowest BCUT2D eigenvalue weighted by Gasteiger charge is -2.20. The van der Waals surface area contributed by atoms with Gasteiger partial charge in [0.2, 0.25) is 5.91 Å². The van der Waals surface area contributed by atoms with E-state index in [1.54, 1.807) is 12.1 Å². The van der Waals surface area contributed by atoms with Crippen LogP contribution in [-0.2, 0) is 4.79 Å². The molecule has 1 aliphatic rings. The Bertz CT molecular complexity index is 885. The van der Waals surface area contributed by atoms with Gasteiger partial charge in [-0.1, -0.05) is 42.8 Å². The highest BCUT2D eigenvalue weighted by molar-refractivity contribution is 6.01. The Hall–Kier alpha value is -3.13. The molecule has 3 rings (SSSR count). The Morgan fingerprint density at radius 2 is 1.79 bits per heavy atom. The van der Waals surface area contributed by atoms with E-state index in [1.165, 1.54) is 0 Å². The van der Waals surface area contributed by atoms with Crippen molar-refractivity contribution in [1.29, 1.82) is 5.26 Å². The molecule has 2 aromatic rings. The number of rotatable bonds is 6. The van der Waals surface area contributed by atoms with Gasteiger partial charge in [0.05, 0.1) is 11.6 Å². The van der Waals surface area contributed by atoms with Crippen LogP contribution in [0.15, 0.2) is 48.5 Å². The summed E-state index contributed by atoms with van der Waals surface area (Å²) in [6, 6.07) is 16.8. The Kier molecular flexibility index (Phi) is 6.80. The minimum absolute atomic E-state index is 0.162. The van der Waals surface area contributed by atoms with Gasteiger partial charge in [0.1, 0.15) is 0 Å². The fourth-order valence-electron chi connectivity index (χ4n) is 3.57. The molecule has 2 aromatic carbocycles. The molecule has 0 saturated carbocycles. The molecule has 0 spiro atoms. The number of hydrogen-bond donors (Lipinski definition) is 1. The summed E-state index contributed by atoms with van der Waals surface area (Å²) < 4.78 is 0. The molecular formula is C23H25N3O2. The van der Waals surface area contributed by atoms with Crippen LogP contribution in [-0.4, -0.2) is 36.3 Å². The van der Waals surface area contributed by atoms with Crippen molar-refractivity contribution < 1.29 is 9.59 Å². The van der Waals surface area contributed by atoms with Crippen molar-refractivity contribution in [3.63, 3.8) is 0 Å². The van der Waals surface area contributed by atoms with Gasteiger partial charge in [0, 0.05) is 37.2 Å². The van der Waals surface area contributed by atoms with E-state index in [9.17, 15) is 14.9 Å². The topological polar surface area (TPSA) is 73.2 Å². The van der Waals surface area contributed by atoms with E-state index in [4.69, 9.17) is 0 Å². The van der Waals surface area contributed by atoms with Crippen LogP contribution in [0.4, 0.5) is 0 Å². The predicted octanol–water partition coefficient (Wildman–Crippen LogP) is 3.75. The summed E-state index contributed by atoms with van der Waals surface area (Å²) in [6.07, 6.45) is 4.52. The average Bonchev–Trinajstić information content (AvgIpc) is 2.95. The van der Waals surface area contributed by atoms with Crippen molar-refractivity contribution in [2.24, 2.45) is 0 Å². The zero-order valence-corrected chi connectivity index (χ0v) is 16.0.